The van der Waals surface area contributed by atoms with Crippen molar-refractivity contribution in [2.24, 2.45) is 5.92 Å². The Morgan fingerprint density at radius 3 is 1.75 bits per heavy atom. The molecule has 0 aliphatic heterocycles. The van der Waals surface area contributed by atoms with E-state index in [2.05, 4.69) is 21.7 Å². The molecule has 0 aromatic rings. The molecule has 1 heteroatoms. The highest BCUT2D eigenvalue weighted by atomic mass is 14.3. The van der Waals surface area contributed by atoms with Crippen LogP contribution in [0.25, 0.3) is 0 Å². The molecule has 0 amide bonds. The summed E-state index contributed by atoms with van der Waals surface area (Å²) in [5.74, 6) is 0.871. The van der Waals surface area contributed by atoms with Crippen LogP contribution in [0.2, 0.25) is 5.31 Å². The Kier molecular flexibility index (Phi) is 3.67. The molecular formula is C11H23B. The fraction of sp³-hybridized carbons (Fsp3) is 1.00. The first kappa shape index (κ1) is 10.1. The van der Waals surface area contributed by atoms with Gasteiger partial charge in [0.05, 0.1) is 0 Å². The summed E-state index contributed by atoms with van der Waals surface area (Å²) in [6.45, 7) is 4.78. The Hall–Kier alpha value is 0.0649. The van der Waals surface area contributed by atoms with Crippen LogP contribution in [0.15, 0.2) is 0 Å². The molecule has 70 valence electrons. The highest BCUT2D eigenvalue weighted by Gasteiger charge is 2.27. The molecule has 1 aliphatic rings. The molecule has 0 bridgehead atoms. The molecule has 1 saturated carbocycles. The van der Waals surface area contributed by atoms with Crippen molar-refractivity contribution in [2.75, 3.05) is 0 Å². The number of hydrogen-bond donors (Lipinski definition) is 0. The summed E-state index contributed by atoms with van der Waals surface area (Å²) >= 11 is 0. The molecule has 1 rings (SSSR count). The van der Waals surface area contributed by atoms with Gasteiger partial charge in [0.1, 0.15) is 7.85 Å². The van der Waals surface area contributed by atoms with Crippen LogP contribution >= 0.6 is 0 Å². The van der Waals surface area contributed by atoms with Crippen molar-refractivity contribution in [1.82, 2.24) is 0 Å². The van der Waals surface area contributed by atoms with E-state index < -0.39 is 0 Å². The molecule has 1 fully saturated rings. The van der Waals surface area contributed by atoms with E-state index in [0.717, 1.165) is 5.92 Å². The first-order valence-electron chi connectivity index (χ1n) is 5.65. The van der Waals surface area contributed by atoms with E-state index in [9.17, 15) is 0 Å². The summed E-state index contributed by atoms with van der Waals surface area (Å²) in [4.78, 5) is 0. The zero-order chi connectivity index (χ0) is 9.03. The maximum Gasteiger partial charge on any atom is 0.109 e. The maximum atomic E-state index is 2.49. The fourth-order valence-corrected chi connectivity index (χ4v) is 2.29. The molecule has 0 heterocycles. The SMILES string of the molecule is BC1(C(C)C)CCCCCCC1. The van der Waals surface area contributed by atoms with E-state index in [1.54, 1.807) is 0 Å². The quantitative estimate of drug-likeness (QED) is 0.525. The van der Waals surface area contributed by atoms with Crippen LogP contribution in [-0.4, -0.2) is 7.85 Å². The van der Waals surface area contributed by atoms with Crippen molar-refractivity contribution in [3.63, 3.8) is 0 Å². The predicted molar refractivity (Wildman–Crippen MR) is 58.4 cm³/mol. The Morgan fingerprint density at radius 1 is 0.917 bits per heavy atom. The van der Waals surface area contributed by atoms with Crippen molar-refractivity contribution in [3.05, 3.63) is 0 Å². The minimum absolute atomic E-state index is 0.653. The van der Waals surface area contributed by atoms with Crippen LogP contribution in [-0.2, 0) is 0 Å². The standard InChI is InChI=1S/C11H23B/c1-10(2)11(12)8-6-4-3-5-7-9-11/h10H,3-9,12H2,1-2H3. The average Bonchev–Trinajstić information content (AvgIpc) is 1.97. The van der Waals surface area contributed by atoms with Crippen LogP contribution in [0.3, 0.4) is 0 Å². The minimum atomic E-state index is 0.653. The summed E-state index contributed by atoms with van der Waals surface area (Å²) < 4.78 is 0. The monoisotopic (exact) mass is 166 g/mol. The zero-order valence-electron chi connectivity index (χ0n) is 9.03. The molecule has 0 N–H and O–H groups in total. The van der Waals surface area contributed by atoms with Crippen LogP contribution in [0.4, 0.5) is 0 Å². The summed E-state index contributed by atoms with van der Waals surface area (Å²) in [7, 11) is 2.49. The van der Waals surface area contributed by atoms with Crippen molar-refractivity contribution in [3.8, 4) is 0 Å². The Bertz CT molecular complexity index is 121. The normalized spacial score (nSPS) is 24.9. The first-order valence-corrected chi connectivity index (χ1v) is 5.65. The van der Waals surface area contributed by atoms with Gasteiger partial charge in [0.15, 0.2) is 0 Å². The lowest BCUT2D eigenvalue weighted by molar-refractivity contribution is 0.318. The van der Waals surface area contributed by atoms with E-state index in [4.69, 9.17) is 0 Å². The molecule has 0 saturated heterocycles. The second-order valence-corrected chi connectivity index (χ2v) is 5.08. The van der Waals surface area contributed by atoms with Gasteiger partial charge in [0.2, 0.25) is 0 Å². The third-order valence-electron chi connectivity index (χ3n) is 3.89. The predicted octanol–water partition coefficient (Wildman–Crippen LogP) is 3.18. The number of hydrogen-bond acceptors (Lipinski definition) is 0. The molecule has 0 atom stereocenters. The van der Waals surface area contributed by atoms with Crippen LogP contribution in [0.5, 0.6) is 0 Å². The Morgan fingerprint density at radius 2 is 1.33 bits per heavy atom. The highest BCUT2D eigenvalue weighted by molar-refractivity contribution is 6.15. The lowest BCUT2D eigenvalue weighted by atomic mass is 9.56. The van der Waals surface area contributed by atoms with Gasteiger partial charge in [0, 0.05) is 0 Å². The van der Waals surface area contributed by atoms with Crippen LogP contribution in [0, 0.1) is 5.92 Å². The van der Waals surface area contributed by atoms with E-state index in [0.29, 0.717) is 5.31 Å². The summed E-state index contributed by atoms with van der Waals surface area (Å²) in [5.41, 5.74) is 0. The van der Waals surface area contributed by atoms with Gasteiger partial charge in [-0.05, 0) is 5.92 Å². The Balaban J connectivity index is 2.48. The van der Waals surface area contributed by atoms with Gasteiger partial charge in [-0.2, -0.15) is 0 Å². The van der Waals surface area contributed by atoms with E-state index >= 15 is 0 Å². The van der Waals surface area contributed by atoms with E-state index in [1.807, 2.05) is 0 Å². The lowest BCUT2D eigenvalue weighted by Crippen LogP contribution is -2.21. The minimum Gasteiger partial charge on any atom is -0.0629 e. The van der Waals surface area contributed by atoms with Gasteiger partial charge >= 0.3 is 0 Å². The lowest BCUT2D eigenvalue weighted by Gasteiger charge is -2.35. The summed E-state index contributed by atoms with van der Waals surface area (Å²) in [6, 6.07) is 0. The van der Waals surface area contributed by atoms with E-state index in [1.165, 1.54) is 44.9 Å². The van der Waals surface area contributed by atoms with Crippen molar-refractivity contribution in [2.45, 2.75) is 64.1 Å². The van der Waals surface area contributed by atoms with Gasteiger partial charge in [-0.1, -0.05) is 64.1 Å². The zero-order valence-corrected chi connectivity index (χ0v) is 9.03. The number of rotatable bonds is 1. The highest BCUT2D eigenvalue weighted by Crippen LogP contribution is 2.43. The van der Waals surface area contributed by atoms with Gasteiger partial charge in [-0.25, -0.2) is 0 Å². The molecule has 0 nitrogen and oxygen atoms in total. The van der Waals surface area contributed by atoms with Crippen molar-refractivity contribution in [1.29, 1.82) is 0 Å². The molecule has 0 aromatic carbocycles. The molecule has 0 spiro atoms. The first-order chi connectivity index (χ1) is 5.65. The molecular weight excluding hydrogens is 143 g/mol. The molecule has 0 radical (unpaired) electrons. The Labute approximate surface area is 78.5 Å². The fourth-order valence-electron chi connectivity index (χ4n) is 2.29. The maximum absolute atomic E-state index is 2.49. The van der Waals surface area contributed by atoms with Crippen LogP contribution in [0.1, 0.15) is 58.8 Å². The second kappa shape index (κ2) is 4.34. The third-order valence-corrected chi connectivity index (χ3v) is 3.89. The van der Waals surface area contributed by atoms with E-state index in [-0.39, 0.29) is 0 Å². The summed E-state index contributed by atoms with van der Waals surface area (Å²) in [5, 5.41) is 0.653. The van der Waals surface area contributed by atoms with Crippen LogP contribution < -0.4 is 0 Å². The van der Waals surface area contributed by atoms with Crippen molar-refractivity contribution < 1.29 is 0 Å². The summed E-state index contributed by atoms with van der Waals surface area (Å²) in [6.07, 6.45) is 10.3. The van der Waals surface area contributed by atoms with Crippen molar-refractivity contribution >= 4 is 7.85 Å². The largest absolute Gasteiger partial charge is 0.109 e. The topological polar surface area (TPSA) is 0 Å². The third kappa shape index (κ3) is 2.53. The smallest absolute Gasteiger partial charge is 0.0629 e. The van der Waals surface area contributed by atoms with Gasteiger partial charge in [-0.3, -0.25) is 0 Å². The molecule has 0 aromatic heterocycles. The van der Waals surface area contributed by atoms with Gasteiger partial charge in [0.25, 0.3) is 0 Å². The second-order valence-electron chi connectivity index (χ2n) is 5.08. The molecule has 0 unspecified atom stereocenters. The van der Waals surface area contributed by atoms with Gasteiger partial charge in [-0.15, -0.1) is 0 Å². The molecule has 1 aliphatic carbocycles. The molecule has 12 heavy (non-hydrogen) atoms. The van der Waals surface area contributed by atoms with Gasteiger partial charge < -0.3 is 0 Å². The average molecular weight is 166 g/mol.